The Kier molecular flexibility index (Phi) is 4.17. The highest BCUT2D eigenvalue weighted by Gasteiger charge is 2.18. The van der Waals surface area contributed by atoms with Crippen LogP contribution in [0, 0.1) is 0 Å². The summed E-state index contributed by atoms with van der Waals surface area (Å²) in [6, 6.07) is 5.80. The number of aliphatic hydroxyl groups is 1. The first-order valence-electron chi connectivity index (χ1n) is 7.17. The predicted molar refractivity (Wildman–Crippen MR) is 75.6 cm³/mol. The first-order chi connectivity index (χ1) is 10.3. The minimum Gasteiger partial charge on any atom is -0.492 e. The van der Waals surface area contributed by atoms with E-state index < -0.39 is 0 Å². The van der Waals surface area contributed by atoms with Gasteiger partial charge in [0.05, 0.1) is 13.2 Å². The Bertz CT molecular complexity index is 612. The van der Waals surface area contributed by atoms with Crippen molar-refractivity contribution in [1.82, 2.24) is 15.0 Å². The van der Waals surface area contributed by atoms with Crippen LogP contribution in [0.2, 0.25) is 0 Å². The molecule has 3 rings (SSSR count). The molecule has 0 saturated carbocycles. The molecule has 1 aromatic heterocycles. The van der Waals surface area contributed by atoms with Gasteiger partial charge in [0.1, 0.15) is 12.4 Å². The average Bonchev–Trinajstić information content (AvgIpc) is 2.86. The summed E-state index contributed by atoms with van der Waals surface area (Å²) in [4.78, 5) is 6.56. The van der Waals surface area contributed by atoms with Crippen LogP contribution in [0.15, 0.2) is 22.7 Å². The third-order valence-electron chi connectivity index (χ3n) is 3.54. The molecule has 112 valence electrons. The molecule has 0 unspecified atom stereocenters. The van der Waals surface area contributed by atoms with Crippen LogP contribution >= 0.6 is 0 Å². The number of aromatic nitrogens is 2. The standard InChI is InChI=1S/C15H19N3O3/c1-2-15-16-14(17-21-15)9-18-5-6-20-13-4-3-11(10-19)7-12(13)8-18/h3-4,7,19H,2,5-6,8-10H2,1H3. The fourth-order valence-corrected chi connectivity index (χ4v) is 2.43. The van der Waals surface area contributed by atoms with E-state index in [1.54, 1.807) is 0 Å². The van der Waals surface area contributed by atoms with Crippen molar-refractivity contribution in [2.24, 2.45) is 0 Å². The van der Waals surface area contributed by atoms with Crippen molar-refractivity contribution in [3.63, 3.8) is 0 Å². The van der Waals surface area contributed by atoms with Crippen LogP contribution in [0.3, 0.4) is 0 Å². The SMILES string of the molecule is CCc1nc(CN2CCOc3ccc(CO)cc3C2)no1. The summed E-state index contributed by atoms with van der Waals surface area (Å²) >= 11 is 0. The van der Waals surface area contributed by atoms with Crippen LogP contribution in [0.1, 0.15) is 29.8 Å². The van der Waals surface area contributed by atoms with Crippen molar-refractivity contribution in [3.8, 4) is 5.75 Å². The van der Waals surface area contributed by atoms with Gasteiger partial charge in [-0.15, -0.1) is 0 Å². The molecule has 21 heavy (non-hydrogen) atoms. The third kappa shape index (κ3) is 3.22. The van der Waals surface area contributed by atoms with Gasteiger partial charge < -0.3 is 14.4 Å². The zero-order chi connectivity index (χ0) is 14.7. The first-order valence-corrected chi connectivity index (χ1v) is 7.17. The number of aliphatic hydroxyl groups excluding tert-OH is 1. The van der Waals surface area contributed by atoms with Gasteiger partial charge in [-0.3, -0.25) is 4.90 Å². The van der Waals surface area contributed by atoms with E-state index in [-0.39, 0.29) is 6.61 Å². The van der Waals surface area contributed by atoms with Gasteiger partial charge in [0.2, 0.25) is 5.89 Å². The Hall–Kier alpha value is -1.92. The highest BCUT2D eigenvalue weighted by Crippen LogP contribution is 2.25. The summed E-state index contributed by atoms with van der Waals surface area (Å²) in [6.45, 7) is 4.85. The number of hydrogen-bond donors (Lipinski definition) is 1. The smallest absolute Gasteiger partial charge is 0.226 e. The Morgan fingerprint density at radius 3 is 3.05 bits per heavy atom. The second-order valence-corrected chi connectivity index (χ2v) is 5.12. The minimum absolute atomic E-state index is 0.0397. The Morgan fingerprint density at radius 1 is 1.38 bits per heavy atom. The van der Waals surface area contributed by atoms with Crippen LogP contribution < -0.4 is 4.74 Å². The molecule has 0 spiro atoms. The lowest BCUT2D eigenvalue weighted by Gasteiger charge is -2.17. The van der Waals surface area contributed by atoms with Gasteiger partial charge in [-0.2, -0.15) is 4.98 Å². The predicted octanol–water partition coefficient (Wildman–Crippen LogP) is 1.52. The van der Waals surface area contributed by atoms with Gasteiger partial charge >= 0.3 is 0 Å². The summed E-state index contributed by atoms with van der Waals surface area (Å²) in [5.74, 6) is 2.25. The Balaban J connectivity index is 1.75. The molecule has 6 heteroatoms. The summed E-state index contributed by atoms with van der Waals surface area (Å²) in [5, 5.41) is 13.2. The molecule has 0 fully saturated rings. The molecule has 0 radical (unpaired) electrons. The molecule has 1 aromatic carbocycles. The summed E-state index contributed by atoms with van der Waals surface area (Å²) in [6.07, 6.45) is 0.749. The van der Waals surface area contributed by atoms with Gasteiger partial charge in [0, 0.05) is 25.1 Å². The van der Waals surface area contributed by atoms with Crippen LogP contribution in [-0.2, 0) is 26.1 Å². The number of ether oxygens (including phenoxy) is 1. The Morgan fingerprint density at radius 2 is 2.29 bits per heavy atom. The van der Waals surface area contributed by atoms with E-state index in [9.17, 15) is 5.11 Å². The maximum Gasteiger partial charge on any atom is 0.226 e. The van der Waals surface area contributed by atoms with Crippen molar-refractivity contribution in [1.29, 1.82) is 0 Å². The van der Waals surface area contributed by atoms with Crippen molar-refractivity contribution in [2.45, 2.75) is 33.0 Å². The van der Waals surface area contributed by atoms with Crippen LogP contribution in [0.25, 0.3) is 0 Å². The number of nitrogens with zero attached hydrogens (tertiary/aromatic N) is 3. The molecule has 0 amide bonds. The number of aryl methyl sites for hydroxylation is 1. The summed E-state index contributed by atoms with van der Waals surface area (Å²) < 4.78 is 10.9. The number of hydrogen-bond acceptors (Lipinski definition) is 6. The maximum atomic E-state index is 9.25. The van der Waals surface area contributed by atoms with Gasteiger partial charge in [0.25, 0.3) is 0 Å². The van der Waals surface area contributed by atoms with Gasteiger partial charge in [-0.1, -0.05) is 18.1 Å². The monoisotopic (exact) mass is 289 g/mol. The van der Waals surface area contributed by atoms with Crippen LogP contribution in [-0.4, -0.2) is 33.3 Å². The zero-order valence-electron chi connectivity index (χ0n) is 12.1. The average molecular weight is 289 g/mol. The lowest BCUT2D eigenvalue weighted by Crippen LogP contribution is -2.25. The molecule has 0 saturated heterocycles. The molecular weight excluding hydrogens is 270 g/mol. The molecule has 0 bridgehead atoms. The first kappa shape index (κ1) is 14.0. The van der Waals surface area contributed by atoms with Crippen molar-refractivity contribution >= 4 is 0 Å². The molecular formula is C15H19N3O3. The number of rotatable bonds is 4. The van der Waals surface area contributed by atoms with Gasteiger partial charge in [-0.05, 0) is 17.7 Å². The fourth-order valence-electron chi connectivity index (χ4n) is 2.43. The molecule has 6 nitrogen and oxygen atoms in total. The number of fused-ring (bicyclic) bond motifs is 1. The van der Waals surface area contributed by atoms with Gasteiger partial charge in [-0.25, -0.2) is 0 Å². The second kappa shape index (κ2) is 6.24. The van der Waals surface area contributed by atoms with E-state index in [4.69, 9.17) is 9.26 Å². The lowest BCUT2D eigenvalue weighted by atomic mass is 10.1. The molecule has 2 heterocycles. The van der Waals surface area contributed by atoms with Crippen LogP contribution in [0.4, 0.5) is 0 Å². The van der Waals surface area contributed by atoms with Crippen molar-refractivity contribution in [2.75, 3.05) is 13.2 Å². The topological polar surface area (TPSA) is 71.6 Å². The second-order valence-electron chi connectivity index (χ2n) is 5.12. The summed E-state index contributed by atoms with van der Waals surface area (Å²) in [7, 11) is 0. The Labute approximate surface area is 123 Å². The lowest BCUT2D eigenvalue weighted by molar-refractivity contribution is 0.213. The molecule has 1 N–H and O–H groups in total. The molecule has 2 aromatic rings. The highest BCUT2D eigenvalue weighted by molar-refractivity contribution is 5.37. The van der Waals surface area contributed by atoms with E-state index in [1.807, 2.05) is 25.1 Å². The maximum absolute atomic E-state index is 9.25. The quantitative estimate of drug-likeness (QED) is 0.920. The van der Waals surface area contributed by atoms with Crippen LogP contribution in [0.5, 0.6) is 5.75 Å². The van der Waals surface area contributed by atoms with Gasteiger partial charge in [0.15, 0.2) is 5.82 Å². The van der Waals surface area contributed by atoms with E-state index >= 15 is 0 Å². The molecule has 0 aliphatic carbocycles. The fraction of sp³-hybridized carbons (Fsp3) is 0.467. The third-order valence-corrected chi connectivity index (χ3v) is 3.54. The molecule has 0 atom stereocenters. The molecule has 1 aliphatic heterocycles. The van der Waals surface area contributed by atoms with Crippen molar-refractivity contribution < 1.29 is 14.4 Å². The van der Waals surface area contributed by atoms with Crippen molar-refractivity contribution in [3.05, 3.63) is 41.0 Å². The largest absolute Gasteiger partial charge is 0.492 e. The van der Waals surface area contributed by atoms with E-state index in [1.165, 1.54) is 0 Å². The zero-order valence-corrected chi connectivity index (χ0v) is 12.1. The van der Waals surface area contributed by atoms with E-state index in [0.717, 1.165) is 36.4 Å². The normalized spacial score (nSPS) is 15.3. The highest BCUT2D eigenvalue weighted by atomic mass is 16.5. The van der Waals surface area contributed by atoms with E-state index in [0.29, 0.717) is 24.9 Å². The summed E-state index contributed by atoms with van der Waals surface area (Å²) in [5.41, 5.74) is 1.98. The molecule has 1 aliphatic rings. The van der Waals surface area contributed by atoms with E-state index in [2.05, 4.69) is 15.0 Å². The number of benzene rings is 1. The minimum atomic E-state index is 0.0397.